The number of ketones is 1. The van der Waals surface area contributed by atoms with Gasteiger partial charge in [-0.1, -0.05) is 84.9 Å². The highest BCUT2D eigenvalue weighted by Gasteiger charge is 2.48. The fourth-order valence-electron chi connectivity index (χ4n) is 5.97. The summed E-state index contributed by atoms with van der Waals surface area (Å²) in [5.41, 5.74) is 2.58. The number of nitrogens with zero attached hydrogens (tertiary/aromatic N) is 1. The molecule has 1 aliphatic heterocycles. The molecule has 1 fully saturated rings. The standard InChI is InChI=1S/C33H39NO4/c1-32(2,31(37)38-4)26-19-17-24(18-20-26)28(35)16-11-22-34-23-21-29(36)30(25-12-7-5-8-13-25)33(34,3)27-14-9-6-10-15-27/h5-10,12-15,17-20,29-30,36H,11,16,21-23H2,1-4H3. The average Bonchev–Trinajstić information content (AvgIpc) is 2.94. The second-order valence-corrected chi connectivity index (χ2v) is 11.0. The molecule has 0 bridgehead atoms. The lowest BCUT2D eigenvalue weighted by molar-refractivity contribution is -0.146. The first-order valence-electron chi connectivity index (χ1n) is 13.5. The Hall–Kier alpha value is -3.28. The molecule has 1 saturated heterocycles. The van der Waals surface area contributed by atoms with E-state index in [1.165, 1.54) is 12.7 Å². The monoisotopic (exact) mass is 513 g/mol. The Morgan fingerprint density at radius 1 is 0.974 bits per heavy atom. The number of ether oxygens (including phenoxy) is 1. The van der Waals surface area contributed by atoms with Crippen LogP contribution in [-0.2, 0) is 20.5 Å². The van der Waals surface area contributed by atoms with Gasteiger partial charge in [0, 0.05) is 24.4 Å². The number of carbonyl (C=O) groups is 2. The van der Waals surface area contributed by atoms with E-state index in [2.05, 4.69) is 48.2 Å². The highest BCUT2D eigenvalue weighted by molar-refractivity contribution is 5.96. The number of rotatable bonds is 9. The van der Waals surface area contributed by atoms with Crippen LogP contribution in [-0.4, -0.2) is 48.1 Å². The minimum atomic E-state index is -0.771. The maximum atomic E-state index is 13.1. The summed E-state index contributed by atoms with van der Waals surface area (Å²) in [6.07, 6.45) is 1.38. The van der Waals surface area contributed by atoms with Crippen molar-refractivity contribution < 1.29 is 19.4 Å². The van der Waals surface area contributed by atoms with Crippen LogP contribution in [0.1, 0.15) is 73.0 Å². The molecule has 3 unspecified atom stereocenters. The summed E-state index contributed by atoms with van der Waals surface area (Å²) in [4.78, 5) is 27.6. The molecule has 3 aromatic rings. The quantitative estimate of drug-likeness (QED) is 0.287. The van der Waals surface area contributed by atoms with Crippen molar-refractivity contribution in [3.05, 3.63) is 107 Å². The third-order valence-electron chi connectivity index (χ3n) is 8.32. The minimum Gasteiger partial charge on any atom is -0.468 e. The zero-order chi connectivity index (χ0) is 27.3. The maximum Gasteiger partial charge on any atom is 0.315 e. The van der Waals surface area contributed by atoms with Crippen molar-refractivity contribution in [1.82, 2.24) is 4.90 Å². The molecule has 200 valence electrons. The van der Waals surface area contributed by atoms with Crippen LogP contribution in [0.3, 0.4) is 0 Å². The number of aliphatic hydroxyl groups is 1. The van der Waals surface area contributed by atoms with Gasteiger partial charge < -0.3 is 9.84 Å². The molecule has 0 spiro atoms. The molecule has 3 aromatic carbocycles. The number of Topliss-reactive ketones (excluding diaryl/α,β-unsaturated/α-hetero) is 1. The average molecular weight is 514 g/mol. The van der Waals surface area contributed by atoms with E-state index in [9.17, 15) is 14.7 Å². The number of hydrogen-bond acceptors (Lipinski definition) is 5. The lowest BCUT2D eigenvalue weighted by Crippen LogP contribution is -2.56. The van der Waals surface area contributed by atoms with Crippen molar-refractivity contribution in [2.24, 2.45) is 0 Å². The van der Waals surface area contributed by atoms with Gasteiger partial charge in [0.05, 0.1) is 24.2 Å². The van der Waals surface area contributed by atoms with Crippen LogP contribution in [0.2, 0.25) is 0 Å². The summed E-state index contributed by atoms with van der Waals surface area (Å²) < 4.78 is 4.92. The van der Waals surface area contributed by atoms with E-state index in [1.54, 1.807) is 12.1 Å². The third kappa shape index (κ3) is 5.45. The lowest BCUT2D eigenvalue weighted by Gasteiger charge is -2.53. The van der Waals surface area contributed by atoms with Gasteiger partial charge in [-0.2, -0.15) is 0 Å². The predicted octanol–water partition coefficient (Wildman–Crippen LogP) is 5.87. The van der Waals surface area contributed by atoms with Crippen molar-refractivity contribution in [1.29, 1.82) is 0 Å². The van der Waals surface area contributed by atoms with Gasteiger partial charge in [0.25, 0.3) is 0 Å². The lowest BCUT2D eigenvalue weighted by atomic mass is 9.68. The number of aliphatic hydroxyl groups excluding tert-OH is 1. The summed E-state index contributed by atoms with van der Waals surface area (Å²) in [5, 5.41) is 11.2. The molecule has 3 atom stereocenters. The molecule has 1 N–H and O–H groups in total. The Labute approximate surface area is 226 Å². The fourth-order valence-corrected chi connectivity index (χ4v) is 5.97. The highest BCUT2D eigenvalue weighted by atomic mass is 16.5. The number of methoxy groups -OCH3 is 1. The Morgan fingerprint density at radius 2 is 1.58 bits per heavy atom. The van der Waals surface area contributed by atoms with Crippen molar-refractivity contribution in [2.45, 2.75) is 63.0 Å². The molecule has 38 heavy (non-hydrogen) atoms. The van der Waals surface area contributed by atoms with Gasteiger partial charge in [0.1, 0.15) is 0 Å². The molecule has 0 aromatic heterocycles. The first-order chi connectivity index (χ1) is 18.2. The van der Waals surface area contributed by atoms with E-state index in [1.807, 2.05) is 50.2 Å². The second kappa shape index (κ2) is 11.6. The van der Waals surface area contributed by atoms with Crippen molar-refractivity contribution in [3.63, 3.8) is 0 Å². The third-order valence-corrected chi connectivity index (χ3v) is 8.32. The molecule has 0 amide bonds. The van der Waals surface area contributed by atoms with E-state index in [0.717, 1.165) is 24.2 Å². The van der Waals surface area contributed by atoms with Crippen LogP contribution in [0.4, 0.5) is 0 Å². The van der Waals surface area contributed by atoms with E-state index in [-0.39, 0.29) is 17.7 Å². The molecule has 5 heteroatoms. The highest BCUT2D eigenvalue weighted by Crippen LogP contribution is 2.47. The molecule has 0 radical (unpaired) electrons. The minimum absolute atomic E-state index is 0.0822. The zero-order valence-electron chi connectivity index (χ0n) is 22.9. The fraction of sp³-hybridized carbons (Fsp3) is 0.394. The van der Waals surface area contributed by atoms with E-state index in [4.69, 9.17) is 4.74 Å². The van der Waals surface area contributed by atoms with Gasteiger partial charge in [-0.05, 0) is 56.8 Å². The molecule has 5 nitrogen and oxygen atoms in total. The number of esters is 1. The number of carbonyl (C=O) groups excluding carboxylic acids is 2. The number of likely N-dealkylation sites (tertiary alicyclic amines) is 1. The second-order valence-electron chi connectivity index (χ2n) is 11.0. The van der Waals surface area contributed by atoms with E-state index in [0.29, 0.717) is 24.8 Å². The molecular formula is C33H39NO4. The zero-order valence-corrected chi connectivity index (χ0v) is 22.9. The molecule has 4 rings (SSSR count). The van der Waals surface area contributed by atoms with Crippen LogP contribution >= 0.6 is 0 Å². The smallest absolute Gasteiger partial charge is 0.315 e. The van der Waals surface area contributed by atoms with Crippen LogP contribution in [0.25, 0.3) is 0 Å². The van der Waals surface area contributed by atoms with E-state index < -0.39 is 17.1 Å². The SMILES string of the molecule is COC(=O)C(C)(C)c1ccc(C(=O)CCCN2CCC(O)C(c3ccccc3)C2(C)c2ccccc2)cc1. The normalized spacial score (nSPS) is 22.1. The van der Waals surface area contributed by atoms with Gasteiger partial charge in [0.15, 0.2) is 5.78 Å². The summed E-state index contributed by atoms with van der Waals surface area (Å²) >= 11 is 0. The first kappa shape index (κ1) is 27.7. The maximum absolute atomic E-state index is 13.1. The van der Waals surface area contributed by atoms with Gasteiger partial charge in [0.2, 0.25) is 0 Å². The molecule has 1 heterocycles. The summed E-state index contributed by atoms with van der Waals surface area (Å²) in [6, 6.07) is 28.0. The van der Waals surface area contributed by atoms with Crippen molar-refractivity contribution in [3.8, 4) is 0 Å². The Balaban J connectivity index is 1.50. The van der Waals surface area contributed by atoms with Gasteiger partial charge >= 0.3 is 5.97 Å². The topological polar surface area (TPSA) is 66.8 Å². The number of piperidine rings is 1. The predicted molar refractivity (Wildman–Crippen MR) is 150 cm³/mol. The summed E-state index contributed by atoms with van der Waals surface area (Å²) in [5.74, 6) is -0.301. The van der Waals surface area contributed by atoms with Crippen molar-refractivity contribution >= 4 is 11.8 Å². The van der Waals surface area contributed by atoms with E-state index >= 15 is 0 Å². The molecule has 1 aliphatic rings. The first-order valence-corrected chi connectivity index (χ1v) is 13.5. The Morgan fingerprint density at radius 3 is 2.18 bits per heavy atom. The Bertz CT molecular complexity index is 1220. The van der Waals surface area contributed by atoms with Crippen LogP contribution in [0.15, 0.2) is 84.9 Å². The largest absolute Gasteiger partial charge is 0.468 e. The summed E-state index contributed by atoms with van der Waals surface area (Å²) in [6.45, 7) is 7.38. The van der Waals surface area contributed by atoms with Crippen LogP contribution in [0.5, 0.6) is 0 Å². The number of benzene rings is 3. The van der Waals surface area contributed by atoms with Gasteiger partial charge in [-0.3, -0.25) is 14.5 Å². The molecule has 0 saturated carbocycles. The van der Waals surface area contributed by atoms with Crippen LogP contribution in [0, 0.1) is 0 Å². The van der Waals surface area contributed by atoms with Gasteiger partial charge in [-0.25, -0.2) is 0 Å². The molecule has 0 aliphatic carbocycles. The molecular weight excluding hydrogens is 474 g/mol. The number of hydrogen-bond donors (Lipinski definition) is 1. The van der Waals surface area contributed by atoms with Crippen molar-refractivity contribution in [2.75, 3.05) is 20.2 Å². The summed E-state index contributed by atoms with van der Waals surface area (Å²) in [7, 11) is 1.38. The Kier molecular flexibility index (Phi) is 8.49. The van der Waals surface area contributed by atoms with Gasteiger partial charge in [-0.15, -0.1) is 0 Å². The van der Waals surface area contributed by atoms with Crippen LogP contribution < -0.4 is 0 Å².